The number of hydrogen-bond acceptors (Lipinski definition) is 1. The zero-order chi connectivity index (χ0) is 7.33. The lowest BCUT2D eigenvalue weighted by molar-refractivity contribution is 0.385. The minimum atomic E-state index is 0.437. The van der Waals surface area contributed by atoms with Crippen LogP contribution in [0.15, 0.2) is 4.99 Å². The minimum Gasteiger partial charge on any atom is -0.298 e. The molecule has 0 atom stereocenters. The van der Waals surface area contributed by atoms with Crippen molar-refractivity contribution in [1.82, 2.24) is 0 Å². The first-order valence-corrected chi connectivity index (χ1v) is 3.51. The van der Waals surface area contributed by atoms with Gasteiger partial charge in [-0.3, -0.25) is 4.99 Å². The highest BCUT2D eigenvalue weighted by Crippen LogP contribution is 2.17. The topological polar surface area (TPSA) is 12.4 Å². The van der Waals surface area contributed by atoms with E-state index in [0.717, 1.165) is 6.54 Å². The molecule has 0 radical (unpaired) electrons. The van der Waals surface area contributed by atoms with Crippen LogP contribution in [0, 0.1) is 5.41 Å². The molecule has 0 aliphatic carbocycles. The quantitative estimate of drug-likeness (QED) is 0.505. The van der Waals surface area contributed by atoms with Gasteiger partial charge in [0.05, 0.1) is 0 Å². The van der Waals surface area contributed by atoms with E-state index in [0.29, 0.717) is 5.41 Å². The summed E-state index contributed by atoms with van der Waals surface area (Å²) < 4.78 is 0. The molecule has 0 fully saturated rings. The van der Waals surface area contributed by atoms with Crippen molar-refractivity contribution in [1.29, 1.82) is 0 Å². The monoisotopic (exact) mass is 127 g/mol. The summed E-state index contributed by atoms with van der Waals surface area (Å²) >= 11 is 0. The highest BCUT2D eigenvalue weighted by molar-refractivity contribution is 5.53. The Balaban J connectivity index is 3.28. The van der Waals surface area contributed by atoms with Gasteiger partial charge in [-0.25, -0.2) is 0 Å². The summed E-state index contributed by atoms with van der Waals surface area (Å²) in [7, 11) is 0. The number of rotatable bonds is 2. The fraction of sp³-hybridized carbons (Fsp3) is 0.875. The average Bonchev–Trinajstić information content (AvgIpc) is 1.63. The second kappa shape index (κ2) is 3.65. The van der Waals surface area contributed by atoms with Crippen LogP contribution in [0.4, 0.5) is 0 Å². The SMILES string of the molecule is CC=NCCC(C)(C)C. The molecule has 0 aromatic rings. The maximum absolute atomic E-state index is 4.13. The first-order valence-electron chi connectivity index (χ1n) is 3.51. The van der Waals surface area contributed by atoms with Crippen molar-refractivity contribution in [2.45, 2.75) is 34.1 Å². The molecule has 0 aliphatic heterocycles. The van der Waals surface area contributed by atoms with Crippen LogP contribution >= 0.6 is 0 Å². The van der Waals surface area contributed by atoms with Gasteiger partial charge in [0.1, 0.15) is 0 Å². The molecule has 0 unspecified atom stereocenters. The van der Waals surface area contributed by atoms with Crippen LogP contribution in [0.5, 0.6) is 0 Å². The van der Waals surface area contributed by atoms with Crippen molar-refractivity contribution in [2.24, 2.45) is 10.4 Å². The summed E-state index contributed by atoms with van der Waals surface area (Å²) in [4.78, 5) is 4.13. The molecule has 9 heavy (non-hydrogen) atoms. The van der Waals surface area contributed by atoms with E-state index in [9.17, 15) is 0 Å². The first-order chi connectivity index (χ1) is 4.06. The van der Waals surface area contributed by atoms with Crippen LogP contribution in [0.3, 0.4) is 0 Å². The van der Waals surface area contributed by atoms with E-state index in [-0.39, 0.29) is 0 Å². The molecular weight excluding hydrogens is 110 g/mol. The zero-order valence-corrected chi connectivity index (χ0v) is 6.94. The van der Waals surface area contributed by atoms with Crippen molar-refractivity contribution in [2.75, 3.05) is 6.54 Å². The Bertz CT molecular complexity index is 87.2. The first kappa shape index (κ1) is 8.67. The molecule has 0 aromatic carbocycles. The summed E-state index contributed by atoms with van der Waals surface area (Å²) in [6.07, 6.45) is 3.04. The predicted octanol–water partition coefficient (Wildman–Crippen LogP) is 2.51. The van der Waals surface area contributed by atoms with Gasteiger partial charge in [0.2, 0.25) is 0 Å². The summed E-state index contributed by atoms with van der Waals surface area (Å²) in [5.41, 5.74) is 0.437. The number of hydrogen-bond donors (Lipinski definition) is 0. The molecule has 0 spiro atoms. The largest absolute Gasteiger partial charge is 0.298 e. The van der Waals surface area contributed by atoms with Gasteiger partial charge in [0.25, 0.3) is 0 Å². The third kappa shape index (κ3) is 7.67. The van der Waals surface area contributed by atoms with Gasteiger partial charge >= 0.3 is 0 Å². The van der Waals surface area contributed by atoms with E-state index in [4.69, 9.17) is 0 Å². The van der Waals surface area contributed by atoms with Crippen molar-refractivity contribution < 1.29 is 0 Å². The molecule has 0 aliphatic rings. The highest BCUT2D eigenvalue weighted by atomic mass is 14.7. The van der Waals surface area contributed by atoms with Crippen LogP contribution in [0.1, 0.15) is 34.1 Å². The Morgan fingerprint density at radius 3 is 2.22 bits per heavy atom. The van der Waals surface area contributed by atoms with Gasteiger partial charge in [-0.2, -0.15) is 0 Å². The molecule has 1 nitrogen and oxygen atoms in total. The smallest absolute Gasteiger partial charge is 0.0390 e. The predicted molar refractivity (Wildman–Crippen MR) is 43.1 cm³/mol. The standard InChI is InChI=1S/C8H17N/c1-5-9-7-6-8(2,3)4/h5H,6-7H2,1-4H3. The van der Waals surface area contributed by atoms with Crippen LogP contribution in [0.2, 0.25) is 0 Å². The van der Waals surface area contributed by atoms with Crippen molar-refractivity contribution in [3.05, 3.63) is 0 Å². The molecule has 0 bridgehead atoms. The van der Waals surface area contributed by atoms with Gasteiger partial charge in [-0.15, -0.1) is 0 Å². The lowest BCUT2D eigenvalue weighted by Crippen LogP contribution is -2.06. The summed E-state index contributed by atoms with van der Waals surface area (Å²) in [6.45, 7) is 9.64. The third-order valence-electron chi connectivity index (χ3n) is 1.17. The van der Waals surface area contributed by atoms with Gasteiger partial charge in [-0.05, 0) is 25.0 Å². The van der Waals surface area contributed by atoms with Crippen LogP contribution in [-0.4, -0.2) is 12.8 Å². The van der Waals surface area contributed by atoms with Gasteiger partial charge < -0.3 is 0 Å². The van der Waals surface area contributed by atoms with E-state index in [1.807, 2.05) is 13.1 Å². The molecule has 0 N–H and O–H groups in total. The fourth-order valence-corrected chi connectivity index (χ4v) is 0.529. The lowest BCUT2D eigenvalue weighted by atomic mass is 9.93. The number of aliphatic imine (C=N–C) groups is 1. The normalized spacial score (nSPS) is 12.9. The van der Waals surface area contributed by atoms with E-state index >= 15 is 0 Å². The van der Waals surface area contributed by atoms with Crippen LogP contribution in [0.25, 0.3) is 0 Å². The van der Waals surface area contributed by atoms with E-state index < -0.39 is 0 Å². The molecule has 0 saturated carbocycles. The summed E-state index contributed by atoms with van der Waals surface area (Å²) in [6, 6.07) is 0. The summed E-state index contributed by atoms with van der Waals surface area (Å²) in [5.74, 6) is 0. The van der Waals surface area contributed by atoms with E-state index in [1.165, 1.54) is 6.42 Å². The fourth-order valence-electron chi connectivity index (χ4n) is 0.529. The molecule has 0 saturated heterocycles. The maximum atomic E-state index is 4.13. The second-order valence-electron chi connectivity index (χ2n) is 3.48. The molecule has 1 heteroatoms. The Labute approximate surface area is 58.2 Å². The Morgan fingerprint density at radius 1 is 1.33 bits per heavy atom. The molecule has 54 valence electrons. The Kier molecular flexibility index (Phi) is 3.52. The van der Waals surface area contributed by atoms with E-state index in [1.54, 1.807) is 0 Å². The summed E-state index contributed by atoms with van der Waals surface area (Å²) in [5, 5.41) is 0. The van der Waals surface area contributed by atoms with Crippen molar-refractivity contribution in [3.8, 4) is 0 Å². The lowest BCUT2D eigenvalue weighted by Gasteiger charge is -2.15. The van der Waals surface area contributed by atoms with Gasteiger partial charge in [0.15, 0.2) is 0 Å². The second-order valence-corrected chi connectivity index (χ2v) is 3.48. The van der Waals surface area contributed by atoms with Crippen molar-refractivity contribution in [3.63, 3.8) is 0 Å². The Hall–Kier alpha value is -0.330. The van der Waals surface area contributed by atoms with Gasteiger partial charge in [-0.1, -0.05) is 20.8 Å². The van der Waals surface area contributed by atoms with Crippen LogP contribution in [-0.2, 0) is 0 Å². The van der Waals surface area contributed by atoms with Crippen molar-refractivity contribution >= 4 is 6.21 Å². The minimum absolute atomic E-state index is 0.437. The zero-order valence-electron chi connectivity index (χ0n) is 6.94. The number of nitrogens with zero attached hydrogens (tertiary/aromatic N) is 1. The Morgan fingerprint density at radius 2 is 1.89 bits per heavy atom. The highest BCUT2D eigenvalue weighted by Gasteiger charge is 2.07. The molecule has 0 amide bonds. The van der Waals surface area contributed by atoms with Crippen LogP contribution < -0.4 is 0 Å². The molecular formula is C8H17N. The molecule has 0 aromatic heterocycles. The maximum Gasteiger partial charge on any atom is 0.0390 e. The molecule has 0 rings (SSSR count). The molecule has 0 heterocycles. The third-order valence-corrected chi connectivity index (χ3v) is 1.17. The average molecular weight is 127 g/mol. The van der Waals surface area contributed by atoms with E-state index in [2.05, 4.69) is 25.8 Å². The van der Waals surface area contributed by atoms with Gasteiger partial charge in [0, 0.05) is 6.54 Å².